The first-order valence-electron chi connectivity index (χ1n) is 8.35. The Morgan fingerprint density at radius 2 is 1.56 bits per heavy atom. The standard InChI is InChI=1S/C20H21ClO5S/c1-3-26-20(23)18(12-13-22)19(14-4-8-16(21)9-5-14)15-6-10-17(11-7-15)27(2,24)25/h4-11,22H,3,12-13H2,1-2H3/b19-18+. The molecule has 0 aliphatic heterocycles. The third-order valence-electron chi connectivity index (χ3n) is 3.89. The average molecular weight is 409 g/mol. The Kier molecular flexibility index (Phi) is 7.18. The first-order valence-corrected chi connectivity index (χ1v) is 10.6. The second-order valence-electron chi connectivity index (χ2n) is 5.85. The number of carbonyl (C=O) groups is 1. The van der Waals surface area contributed by atoms with Crippen LogP contribution >= 0.6 is 11.6 Å². The fourth-order valence-corrected chi connectivity index (χ4v) is 3.42. The minimum Gasteiger partial charge on any atom is -0.463 e. The van der Waals surface area contributed by atoms with E-state index in [1.165, 1.54) is 12.1 Å². The molecule has 2 aromatic carbocycles. The smallest absolute Gasteiger partial charge is 0.334 e. The van der Waals surface area contributed by atoms with E-state index in [1.54, 1.807) is 43.3 Å². The molecule has 7 heteroatoms. The molecule has 2 rings (SSSR count). The van der Waals surface area contributed by atoms with E-state index in [0.29, 0.717) is 27.3 Å². The summed E-state index contributed by atoms with van der Waals surface area (Å²) in [5.74, 6) is -0.524. The van der Waals surface area contributed by atoms with Gasteiger partial charge >= 0.3 is 5.97 Å². The van der Waals surface area contributed by atoms with Crippen LogP contribution in [0, 0.1) is 0 Å². The number of aliphatic hydroxyl groups excluding tert-OH is 1. The summed E-state index contributed by atoms with van der Waals surface area (Å²) in [4.78, 5) is 12.7. The maximum atomic E-state index is 12.5. The summed E-state index contributed by atoms with van der Waals surface area (Å²) >= 11 is 5.97. The Labute approximate surface area is 164 Å². The maximum Gasteiger partial charge on any atom is 0.334 e. The summed E-state index contributed by atoms with van der Waals surface area (Å²) < 4.78 is 28.6. The minimum atomic E-state index is -3.34. The van der Waals surface area contributed by atoms with Gasteiger partial charge in [-0.15, -0.1) is 0 Å². The van der Waals surface area contributed by atoms with Gasteiger partial charge in [0.05, 0.1) is 11.5 Å². The van der Waals surface area contributed by atoms with Crippen molar-refractivity contribution in [2.24, 2.45) is 0 Å². The molecule has 0 fully saturated rings. The van der Waals surface area contributed by atoms with E-state index in [0.717, 1.165) is 6.26 Å². The first-order chi connectivity index (χ1) is 12.8. The molecule has 0 aliphatic rings. The molecule has 1 N–H and O–H groups in total. The average Bonchev–Trinajstić information content (AvgIpc) is 2.62. The van der Waals surface area contributed by atoms with Crippen molar-refractivity contribution < 1.29 is 23.1 Å². The fraction of sp³-hybridized carbons (Fsp3) is 0.250. The molecule has 5 nitrogen and oxygen atoms in total. The Morgan fingerprint density at radius 3 is 2.00 bits per heavy atom. The topological polar surface area (TPSA) is 80.7 Å². The normalized spacial score (nSPS) is 12.4. The number of benzene rings is 2. The molecule has 0 heterocycles. The van der Waals surface area contributed by atoms with Gasteiger partial charge in [0.25, 0.3) is 0 Å². The van der Waals surface area contributed by atoms with Crippen molar-refractivity contribution in [2.45, 2.75) is 18.2 Å². The maximum absolute atomic E-state index is 12.5. The van der Waals surface area contributed by atoms with Gasteiger partial charge in [0.1, 0.15) is 0 Å². The summed E-state index contributed by atoms with van der Waals surface area (Å²) in [7, 11) is -3.34. The highest BCUT2D eigenvalue weighted by Gasteiger charge is 2.20. The highest BCUT2D eigenvalue weighted by molar-refractivity contribution is 7.90. The van der Waals surface area contributed by atoms with Crippen molar-refractivity contribution in [1.29, 1.82) is 0 Å². The number of rotatable bonds is 7. The molecule has 0 amide bonds. The SMILES string of the molecule is CCOC(=O)/C(CCO)=C(\c1ccc(Cl)cc1)c1ccc(S(C)(=O)=O)cc1. The number of hydrogen-bond acceptors (Lipinski definition) is 5. The van der Waals surface area contributed by atoms with Gasteiger partial charge in [-0.25, -0.2) is 13.2 Å². The Morgan fingerprint density at radius 1 is 1.04 bits per heavy atom. The summed E-state index contributed by atoms with van der Waals surface area (Å²) in [6.07, 6.45) is 1.23. The van der Waals surface area contributed by atoms with Crippen LogP contribution in [0.4, 0.5) is 0 Å². The second-order valence-corrected chi connectivity index (χ2v) is 8.30. The third-order valence-corrected chi connectivity index (χ3v) is 5.27. The summed E-state index contributed by atoms with van der Waals surface area (Å²) in [5, 5.41) is 10.00. The van der Waals surface area contributed by atoms with Crippen LogP contribution < -0.4 is 0 Å². The minimum absolute atomic E-state index is 0.102. The lowest BCUT2D eigenvalue weighted by atomic mass is 9.91. The molecular weight excluding hydrogens is 388 g/mol. The highest BCUT2D eigenvalue weighted by atomic mass is 35.5. The molecule has 0 saturated carbocycles. The summed E-state index contributed by atoms with van der Waals surface area (Å²) in [6, 6.07) is 13.2. The molecular formula is C20H21ClO5S. The Hall–Kier alpha value is -2.15. The van der Waals surface area contributed by atoms with Gasteiger partial charge in [-0.05, 0) is 47.9 Å². The van der Waals surface area contributed by atoms with Gasteiger partial charge in [-0.2, -0.15) is 0 Å². The molecule has 0 unspecified atom stereocenters. The van der Waals surface area contributed by atoms with Crippen LogP contribution in [-0.4, -0.2) is 39.0 Å². The Balaban J connectivity index is 2.70. The van der Waals surface area contributed by atoms with Gasteiger partial charge in [0.2, 0.25) is 0 Å². The number of ether oxygens (including phenoxy) is 1. The zero-order valence-corrected chi connectivity index (χ0v) is 16.7. The van der Waals surface area contributed by atoms with Crippen molar-refractivity contribution >= 4 is 33.0 Å². The van der Waals surface area contributed by atoms with Gasteiger partial charge in [-0.1, -0.05) is 35.9 Å². The largest absolute Gasteiger partial charge is 0.463 e. The van der Waals surface area contributed by atoms with Crippen molar-refractivity contribution in [3.8, 4) is 0 Å². The van der Waals surface area contributed by atoms with Crippen LogP contribution in [-0.2, 0) is 19.4 Å². The highest BCUT2D eigenvalue weighted by Crippen LogP contribution is 2.31. The van der Waals surface area contributed by atoms with E-state index in [9.17, 15) is 18.3 Å². The van der Waals surface area contributed by atoms with Crippen LogP contribution in [0.3, 0.4) is 0 Å². The predicted molar refractivity (Wildman–Crippen MR) is 105 cm³/mol. The monoisotopic (exact) mass is 408 g/mol. The molecule has 0 aliphatic carbocycles. The second kappa shape index (κ2) is 9.17. The number of hydrogen-bond donors (Lipinski definition) is 1. The van der Waals surface area contributed by atoms with E-state index in [-0.39, 0.29) is 24.5 Å². The van der Waals surface area contributed by atoms with Crippen LogP contribution in [0.2, 0.25) is 5.02 Å². The van der Waals surface area contributed by atoms with E-state index < -0.39 is 15.8 Å². The van der Waals surface area contributed by atoms with E-state index in [1.807, 2.05) is 0 Å². The lowest BCUT2D eigenvalue weighted by Crippen LogP contribution is -2.12. The van der Waals surface area contributed by atoms with Gasteiger partial charge in [0, 0.05) is 29.9 Å². The van der Waals surface area contributed by atoms with Gasteiger partial charge in [-0.3, -0.25) is 0 Å². The van der Waals surface area contributed by atoms with E-state index in [2.05, 4.69) is 0 Å². The van der Waals surface area contributed by atoms with E-state index >= 15 is 0 Å². The zero-order chi connectivity index (χ0) is 20.0. The van der Waals surface area contributed by atoms with Crippen molar-refractivity contribution in [3.05, 3.63) is 70.3 Å². The molecule has 0 atom stereocenters. The number of carbonyl (C=O) groups excluding carboxylic acids is 1. The molecule has 0 aromatic heterocycles. The van der Waals surface area contributed by atoms with Crippen molar-refractivity contribution in [1.82, 2.24) is 0 Å². The first kappa shape index (κ1) is 21.2. The number of esters is 1. The van der Waals surface area contributed by atoms with E-state index in [4.69, 9.17) is 16.3 Å². The molecule has 0 bridgehead atoms. The fourth-order valence-electron chi connectivity index (χ4n) is 2.66. The number of aliphatic hydroxyl groups is 1. The quantitative estimate of drug-likeness (QED) is 0.560. The molecule has 2 aromatic rings. The van der Waals surface area contributed by atoms with Crippen LogP contribution in [0.5, 0.6) is 0 Å². The van der Waals surface area contributed by atoms with Gasteiger partial charge < -0.3 is 9.84 Å². The predicted octanol–water partition coefficient (Wildman–Crippen LogP) is 3.49. The summed E-state index contributed by atoms with van der Waals surface area (Å²) in [6.45, 7) is 1.68. The zero-order valence-electron chi connectivity index (χ0n) is 15.1. The number of sulfone groups is 1. The third kappa shape index (κ3) is 5.42. The summed E-state index contributed by atoms with van der Waals surface area (Å²) in [5.41, 5.74) is 2.23. The van der Waals surface area contributed by atoms with Gasteiger partial charge in [0.15, 0.2) is 9.84 Å². The number of halogens is 1. The Bertz CT molecular complexity index is 929. The van der Waals surface area contributed by atoms with Crippen LogP contribution in [0.25, 0.3) is 5.57 Å². The molecule has 0 saturated heterocycles. The lowest BCUT2D eigenvalue weighted by molar-refractivity contribution is -0.138. The van der Waals surface area contributed by atoms with Crippen molar-refractivity contribution in [3.63, 3.8) is 0 Å². The molecule has 0 radical (unpaired) electrons. The van der Waals surface area contributed by atoms with Crippen LogP contribution in [0.15, 0.2) is 59.0 Å². The molecule has 144 valence electrons. The van der Waals surface area contributed by atoms with Crippen LogP contribution in [0.1, 0.15) is 24.5 Å². The lowest BCUT2D eigenvalue weighted by Gasteiger charge is -2.16. The molecule has 27 heavy (non-hydrogen) atoms. The van der Waals surface area contributed by atoms with Crippen molar-refractivity contribution in [2.75, 3.05) is 19.5 Å². The molecule has 0 spiro atoms.